The highest BCUT2D eigenvalue weighted by Gasteiger charge is 2.35. The van der Waals surface area contributed by atoms with Crippen LogP contribution < -0.4 is 10.2 Å². The van der Waals surface area contributed by atoms with Crippen molar-refractivity contribution in [3.05, 3.63) is 30.1 Å². The van der Waals surface area contributed by atoms with Crippen LogP contribution in [0.5, 0.6) is 0 Å². The highest BCUT2D eigenvalue weighted by atomic mass is 19.1. The molecule has 0 bridgehead atoms. The van der Waals surface area contributed by atoms with E-state index in [0.717, 1.165) is 19.3 Å². The molecular weight excluding hydrogens is 335 g/mol. The summed E-state index contributed by atoms with van der Waals surface area (Å²) in [5.74, 6) is -1.23. The van der Waals surface area contributed by atoms with Gasteiger partial charge in [0.1, 0.15) is 5.82 Å². The first-order chi connectivity index (χ1) is 12.6. The topological polar surface area (TPSA) is 58.6 Å². The molecule has 1 aliphatic heterocycles. The van der Waals surface area contributed by atoms with E-state index >= 15 is 0 Å². The van der Waals surface area contributed by atoms with E-state index in [1.165, 1.54) is 30.2 Å². The van der Waals surface area contributed by atoms with Crippen molar-refractivity contribution >= 4 is 17.5 Å². The summed E-state index contributed by atoms with van der Waals surface area (Å²) in [6.45, 7) is 1.41. The predicted molar refractivity (Wildman–Crippen MR) is 97.3 cm³/mol. The number of halogens is 1. The van der Waals surface area contributed by atoms with Crippen molar-refractivity contribution in [2.45, 2.75) is 51.0 Å². The zero-order chi connectivity index (χ0) is 18.4. The monoisotopic (exact) mass is 362 g/mol. The molecule has 1 aliphatic carbocycles. The number of carbonyl (C=O) groups excluding carboxylic acids is 2. The van der Waals surface area contributed by atoms with E-state index in [0.29, 0.717) is 19.3 Å². The van der Waals surface area contributed by atoms with E-state index in [2.05, 4.69) is 5.32 Å². The molecule has 1 aromatic carbocycles. The summed E-state index contributed by atoms with van der Waals surface area (Å²) < 4.78 is 19.7. The largest absolute Gasteiger partial charge is 0.378 e. The maximum absolute atomic E-state index is 13.9. The second-order valence-electron chi connectivity index (χ2n) is 7.13. The molecule has 6 heteroatoms. The van der Waals surface area contributed by atoms with Gasteiger partial charge in [-0.05, 0) is 31.4 Å². The molecule has 1 aromatic rings. The summed E-state index contributed by atoms with van der Waals surface area (Å²) in [7, 11) is 0. The van der Waals surface area contributed by atoms with E-state index in [1.807, 2.05) is 0 Å². The van der Waals surface area contributed by atoms with Crippen LogP contribution in [0.1, 0.15) is 44.9 Å². The van der Waals surface area contributed by atoms with Crippen LogP contribution in [0.4, 0.5) is 10.1 Å². The first-order valence-electron chi connectivity index (χ1n) is 9.59. The normalized spacial score (nSPS) is 21.2. The number of hydrogen-bond acceptors (Lipinski definition) is 3. The van der Waals surface area contributed by atoms with Gasteiger partial charge in [-0.2, -0.15) is 0 Å². The van der Waals surface area contributed by atoms with E-state index in [9.17, 15) is 14.0 Å². The third-order valence-electron chi connectivity index (χ3n) is 5.17. The average Bonchev–Trinajstić information content (AvgIpc) is 3.04. The van der Waals surface area contributed by atoms with Crippen LogP contribution in [-0.4, -0.2) is 37.6 Å². The van der Waals surface area contributed by atoms with Gasteiger partial charge in [0.05, 0.1) is 17.7 Å². The molecule has 0 aromatic heterocycles. The van der Waals surface area contributed by atoms with Crippen molar-refractivity contribution in [3.63, 3.8) is 0 Å². The average molecular weight is 362 g/mol. The molecule has 26 heavy (non-hydrogen) atoms. The Morgan fingerprint density at radius 1 is 1.23 bits per heavy atom. The molecule has 2 amide bonds. The fraction of sp³-hybridized carbons (Fsp3) is 0.600. The highest BCUT2D eigenvalue weighted by Crippen LogP contribution is 2.27. The third kappa shape index (κ3) is 4.81. The molecule has 2 aliphatic rings. The van der Waals surface area contributed by atoms with Crippen LogP contribution in [0, 0.1) is 11.7 Å². The van der Waals surface area contributed by atoms with Crippen LogP contribution in [0.2, 0.25) is 0 Å². The lowest BCUT2D eigenvalue weighted by Crippen LogP contribution is -2.34. The first kappa shape index (κ1) is 18.8. The quantitative estimate of drug-likeness (QED) is 0.759. The van der Waals surface area contributed by atoms with Gasteiger partial charge in [-0.3, -0.25) is 9.59 Å². The van der Waals surface area contributed by atoms with Crippen molar-refractivity contribution in [1.29, 1.82) is 0 Å². The standard InChI is InChI=1S/C20H27FN2O3/c21-17-9-4-5-10-18(17)23-14-15(13-19(23)24)20(25)22-11-6-12-26-16-7-2-1-3-8-16/h4-5,9-10,15-16H,1-3,6-8,11-14H2,(H,22,25). The number of ether oxygens (including phenoxy) is 1. The minimum absolute atomic E-state index is 0.124. The fourth-order valence-electron chi connectivity index (χ4n) is 3.70. The summed E-state index contributed by atoms with van der Waals surface area (Å²) in [5.41, 5.74) is 0.244. The van der Waals surface area contributed by atoms with Gasteiger partial charge < -0.3 is 15.0 Å². The van der Waals surface area contributed by atoms with Gasteiger partial charge in [0.15, 0.2) is 0 Å². The van der Waals surface area contributed by atoms with Gasteiger partial charge in [-0.15, -0.1) is 0 Å². The Labute approximate surface area is 153 Å². The summed E-state index contributed by atoms with van der Waals surface area (Å²) in [6.07, 6.45) is 7.34. The molecule has 1 saturated carbocycles. The summed E-state index contributed by atoms with van der Waals surface area (Å²) in [5, 5.41) is 2.88. The Balaban J connectivity index is 1.38. The van der Waals surface area contributed by atoms with Crippen molar-refractivity contribution in [2.75, 3.05) is 24.6 Å². The van der Waals surface area contributed by atoms with E-state index in [4.69, 9.17) is 4.74 Å². The third-order valence-corrected chi connectivity index (χ3v) is 5.17. The first-order valence-corrected chi connectivity index (χ1v) is 9.59. The van der Waals surface area contributed by atoms with Gasteiger partial charge in [0, 0.05) is 26.1 Å². The number of hydrogen-bond donors (Lipinski definition) is 1. The second-order valence-corrected chi connectivity index (χ2v) is 7.13. The van der Waals surface area contributed by atoms with Crippen LogP contribution in [0.25, 0.3) is 0 Å². The Morgan fingerprint density at radius 3 is 2.77 bits per heavy atom. The fourth-order valence-corrected chi connectivity index (χ4v) is 3.70. The van der Waals surface area contributed by atoms with E-state index in [1.54, 1.807) is 18.2 Å². The molecule has 1 saturated heterocycles. The highest BCUT2D eigenvalue weighted by molar-refractivity contribution is 6.00. The summed E-state index contributed by atoms with van der Waals surface area (Å²) >= 11 is 0. The lowest BCUT2D eigenvalue weighted by molar-refractivity contribution is -0.126. The zero-order valence-electron chi connectivity index (χ0n) is 15.1. The Bertz CT molecular complexity index is 631. The van der Waals surface area contributed by atoms with Gasteiger partial charge >= 0.3 is 0 Å². The van der Waals surface area contributed by atoms with Gasteiger partial charge in [-0.1, -0.05) is 31.4 Å². The molecule has 2 fully saturated rings. The maximum Gasteiger partial charge on any atom is 0.227 e. The predicted octanol–water partition coefficient (Wildman–Crippen LogP) is 3.03. The van der Waals surface area contributed by atoms with Crippen LogP contribution in [-0.2, 0) is 14.3 Å². The molecule has 0 spiro atoms. The number of nitrogens with zero attached hydrogens (tertiary/aromatic N) is 1. The number of benzene rings is 1. The number of para-hydroxylation sites is 1. The van der Waals surface area contributed by atoms with Crippen molar-refractivity contribution < 1.29 is 18.7 Å². The molecule has 1 unspecified atom stereocenters. The smallest absolute Gasteiger partial charge is 0.227 e. The Hall–Kier alpha value is -1.95. The van der Waals surface area contributed by atoms with Crippen LogP contribution in [0.15, 0.2) is 24.3 Å². The maximum atomic E-state index is 13.9. The summed E-state index contributed by atoms with van der Waals surface area (Å²) in [6, 6.07) is 6.16. The lowest BCUT2D eigenvalue weighted by atomic mass is 9.98. The molecule has 5 nitrogen and oxygen atoms in total. The van der Waals surface area contributed by atoms with Crippen molar-refractivity contribution in [3.8, 4) is 0 Å². The SMILES string of the molecule is O=C(NCCCOC1CCCCC1)C1CC(=O)N(c2ccccc2F)C1. The van der Waals surface area contributed by atoms with Gasteiger partial charge in [-0.25, -0.2) is 4.39 Å². The minimum atomic E-state index is -0.443. The van der Waals surface area contributed by atoms with Crippen molar-refractivity contribution in [2.24, 2.45) is 5.92 Å². The van der Waals surface area contributed by atoms with Gasteiger partial charge in [0.25, 0.3) is 0 Å². The minimum Gasteiger partial charge on any atom is -0.378 e. The lowest BCUT2D eigenvalue weighted by Gasteiger charge is -2.22. The second kappa shape index (κ2) is 9.12. The molecule has 3 rings (SSSR count). The molecule has 1 N–H and O–H groups in total. The number of rotatable bonds is 7. The number of nitrogens with one attached hydrogen (secondary N) is 1. The van der Waals surface area contributed by atoms with Crippen molar-refractivity contribution in [1.82, 2.24) is 5.32 Å². The van der Waals surface area contributed by atoms with Crippen LogP contribution >= 0.6 is 0 Å². The Morgan fingerprint density at radius 2 is 2.00 bits per heavy atom. The number of anilines is 1. The number of amides is 2. The van der Waals surface area contributed by atoms with E-state index < -0.39 is 11.7 Å². The number of carbonyl (C=O) groups is 2. The molecule has 1 heterocycles. The van der Waals surface area contributed by atoms with Crippen LogP contribution in [0.3, 0.4) is 0 Å². The van der Waals surface area contributed by atoms with Gasteiger partial charge in [0.2, 0.25) is 11.8 Å². The Kier molecular flexibility index (Phi) is 6.61. The molecule has 0 radical (unpaired) electrons. The molecular formula is C20H27FN2O3. The molecule has 1 atom stereocenters. The summed E-state index contributed by atoms with van der Waals surface area (Å²) in [4.78, 5) is 25.8. The van der Waals surface area contributed by atoms with E-state index in [-0.39, 0.29) is 30.5 Å². The molecule has 142 valence electrons. The zero-order valence-corrected chi connectivity index (χ0v) is 15.1.